The van der Waals surface area contributed by atoms with Crippen LogP contribution in [0.5, 0.6) is 0 Å². The van der Waals surface area contributed by atoms with Crippen LogP contribution in [0.1, 0.15) is 19.4 Å². The SMILES string of the molecule is CCN(CC)C(N)=NCCc1ccc(F)cc1. The van der Waals surface area contributed by atoms with Crippen molar-refractivity contribution < 1.29 is 4.39 Å². The lowest BCUT2D eigenvalue weighted by molar-refractivity contribution is 0.458. The summed E-state index contributed by atoms with van der Waals surface area (Å²) >= 11 is 0. The molecule has 0 unspecified atom stereocenters. The molecule has 0 amide bonds. The van der Waals surface area contributed by atoms with Crippen molar-refractivity contribution >= 4 is 5.96 Å². The van der Waals surface area contributed by atoms with Gasteiger partial charge in [-0.2, -0.15) is 0 Å². The van der Waals surface area contributed by atoms with Gasteiger partial charge in [-0.25, -0.2) is 4.39 Å². The highest BCUT2D eigenvalue weighted by atomic mass is 19.1. The van der Waals surface area contributed by atoms with Gasteiger partial charge in [-0.1, -0.05) is 12.1 Å². The number of halogens is 1. The van der Waals surface area contributed by atoms with E-state index in [1.165, 1.54) is 12.1 Å². The number of aliphatic imine (C=N–C) groups is 1. The molecule has 0 heterocycles. The van der Waals surface area contributed by atoms with Gasteiger partial charge in [0.25, 0.3) is 0 Å². The third-order valence-electron chi connectivity index (χ3n) is 2.67. The first-order valence-corrected chi connectivity index (χ1v) is 5.96. The van der Waals surface area contributed by atoms with Crippen LogP contribution in [0.25, 0.3) is 0 Å². The molecule has 0 saturated heterocycles. The molecule has 3 nitrogen and oxygen atoms in total. The Morgan fingerprint density at radius 2 is 1.82 bits per heavy atom. The number of nitrogens with zero attached hydrogens (tertiary/aromatic N) is 2. The molecular formula is C13H20FN3. The molecule has 0 aliphatic carbocycles. The van der Waals surface area contributed by atoms with Gasteiger partial charge in [0.05, 0.1) is 0 Å². The lowest BCUT2D eigenvalue weighted by Crippen LogP contribution is -2.37. The summed E-state index contributed by atoms with van der Waals surface area (Å²) in [5.41, 5.74) is 6.91. The first-order chi connectivity index (χ1) is 8.17. The highest BCUT2D eigenvalue weighted by Crippen LogP contribution is 2.03. The molecule has 0 fully saturated rings. The van der Waals surface area contributed by atoms with Crippen molar-refractivity contribution in [3.05, 3.63) is 35.6 Å². The lowest BCUT2D eigenvalue weighted by Gasteiger charge is -2.19. The Morgan fingerprint density at radius 3 is 2.35 bits per heavy atom. The van der Waals surface area contributed by atoms with Crippen LogP contribution in [-0.4, -0.2) is 30.5 Å². The average Bonchev–Trinajstić information content (AvgIpc) is 2.33. The molecule has 0 bridgehead atoms. The average molecular weight is 237 g/mol. The van der Waals surface area contributed by atoms with Gasteiger partial charge in [-0.05, 0) is 38.0 Å². The van der Waals surface area contributed by atoms with Crippen molar-refractivity contribution in [2.24, 2.45) is 10.7 Å². The zero-order valence-corrected chi connectivity index (χ0v) is 10.5. The minimum Gasteiger partial charge on any atom is -0.370 e. The molecular weight excluding hydrogens is 217 g/mol. The quantitative estimate of drug-likeness (QED) is 0.629. The Morgan fingerprint density at radius 1 is 1.24 bits per heavy atom. The summed E-state index contributed by atoms with van der Waals surface area (Å²) in [5, 5.41) is 0. The van der Waals surface area contributed by atoms with Gasteiger partial charge in [0.2, 0.25) is 0 Å². The van der Waals surface area contributed by atoms with Crippen molar-refractivity contribution in [2.45, 2.75) is 20.3 Å². The fraction of sp³-hybridized carbons (Fsp3) is 0.462. The number of rotatable bonds is 5. The predicted octanol–water partition coefficient (Wildman–Crippen LogP) is 2.02. The van der Waals surface area contributed by atoms with Gasteiger partial charge in [-0.15, -0.1) is 0 Å². The van der Waals surface area contributed by atoms with Gasteiger partial charge < -0.3 is 10.6 Å². The van der Waals surface area contributed by atoms with E-state index in [9.17, 15) is 4.39 Å². The van der Waals surface area contributed by atoms with Gasteiger partial charge in [0.1, 0.15) is 5.82 Å². The number of hydrogen-bond acceptors (Lipinski definition) is 1. The van der Waals surface area contributed by atoms with E-state index in [1.807, 2.05) is 18.7 Å². The molecule has 17 heavy (non-hydrogen) atoms. The van der Waals surface area contributed by atoms with Crippen LogP contribution >= 0.6 is 0 Å². The Hall–Kier alpha value is -1.58. The van der Waals surface area contributed by atoms with Crippen LogP contribution in [0.3, 0.4) is 0 Å². The monoisotopic (exact) mass is 237 g/mol. The molecule has 0 aliphatic rings. The smallest absolute Gasteiger partial charge is 0.191 e. The first-order valence-electron chi connectivity index (χ1n) is 5.96. The third-order valence-corrected chi connectivity index (χ3v) is 2.67. The summed E-state index contributed by atoms with van der Waals surface area (Å²) in [6, 6.07) is 6.48. The van der Waals surface area contributed by atoms with E-state index in [4.69, 9.17) is 5.73 Å². The molecule has 1 aromatic carbocycles. The molecule has 0 aromatic heterocycles. The first kappa shape index (κ1) is 13.5. The van der Waals surface area contributed by atoms with Crippen molar-refractivity contribution in [2.75, 3.05) is 19.6 Å². The Bertz CT molecular complexity index is 355. The second kappa shape index (κ2) is 6.89. The standard InChI is InChI=1S/C13H20FN3/c1-3-17(4-2)13(15)16-10-9-11-5-7-12(14)8-6-11/h5-8H,3-4,9-10H2,1-2H3,(H2,15,16). The van der Waals surface area contributed by atoms with E-state index in [1.54, 1.807) is 12.1 Å². The largest absolute Gasteiger partial charge is 0.370 e. The maximum absolute atomic E-state index is 12.7. The second-order valence-corrected chi connectivity index (χ2v) is 3.79. The molecule has 4 heteroatoms. The zero-order chi connectivity index (χ0) is 12.7. The van der Waals surface area contributed by atoms with E-state index >= 15 is 0 Å². The molecule has 94 valence electrons. The molecule has 0 aliphatic heterocycles. The number of nitrogens with two attached hydrogens (primary N) is 1. The fourth-order valence-corrected chi connectivity index (χ4v) is 1.60. The molecule has 0 radical (unpaired) electrons. The highest BCUT2D eigenvalue weighted by molar-refractivity contribution is 5.77. The van der Waals surface area contributed by atoms with Crippen molar-refractivity contribution in [1.29, 1.82) is 0 Å². The summed E-state index contributed by atoms with van der Waals surface area (Å²) in [6.07, 6.45) is 0.780. The minimum absolute atomic E-state index is 0.208. The minimum atomic E-state index is -0.208. The number of hydrogen-bond donors (Lipinski definition) is 1. The highest BCUT2D eigenvalue weighted by Gasteiger charge is 2.01. The summed E-state index contributed by atoms with van der Waals surface area (Å²) in [7, 11) is 0. The van der Waals surface area contributed by atoms with Crippen LogP contribution in [0.4, 0.5) is 4.39 Å². The van der Waals surface area contributed by atoms with Crippen LogP contribution in [-0.2, 0) is 6.42 Å². The Labute approximate surface area is 102 Å². The second-order valence-electron chi connectivity index (χ2n) is 3.79. The van der Waals surface area contributed by atoms with E-state index < -0.39 is 0 Å². The fourth-order valence-electron chi connectivity index (χ4n) is 1.60. The molecule has 2 N–H and O–H groups in total. The van der Waals surface area contributed by atoms with Gasteiger partial charge in [0, 0.05) is 19.6 Å². The summed E-state index contributed by atoms with van der Waals surface area (Å²) in [6.45, 7) is 6.45. The van der Waals surface area contributed by atoms with Gasteiger partial charge in [0.15, 0.2) is 5.96 Å². The summed E-state index contributed by atoms with van der Waals surface area (Å²) < 4.78 is 12.7. The number of benzene rings is 1. The normalized spacial score (nSPS) is 11.6. The van der Waals surface area contributed by atoms with Gasteiger partial charge in [-0.3, -0.25) is 4.99 Å². The van der Waals surface area contributed by atoms with Crippen LogP contribution < -0.4 is 5.73 Å². The summed E-state index contributed by atoms with van der Waals surface area (Å²) in [4.78, 5) is 6.32. The molecule has 1 aromatic rings. The molecule has 0 spiro atoms. The van der Waals surface area contributed by atoms with Crippen LogP contribution in [0, 0.1) is 5.82 Å². The number of guanidine groups is 1. The zero-order valence-electron chi connectivity index (χ0n) is 10.5. The van der Waals surface area contributed by atoms with Crippen molar-refractivity contribution in [1.82, 2.24) is 4.90 Å². The Kier molecular flexibility index (Phi) is 5.46. The lowest BCUT2D eigenvalue weighted by atomic mass is 10.1. The summed E-state index contributed by atoms with van der Waals surface area (Å²) in [5.74, 6) is 0.372. The molecule has 1 rings (SSSR count). The van der Waals surface area contributed by atoms with E-state index in [-0.39, 0.29) is 5.82 Å². The Balaban J connectivity index is 2.46. The van der Waals surface area contributed by atoms with Gasteiger partial charge >= 0.3 is 0 Å². The van der Waals surface area contributed by atoms with E-state index in [0.29, 0.717) is 12.5 Å². The maximum atomic E-state index is 12.7. The van der Waals surface area contributed by atoms with Crippen LogP contribution in [0.2, 0.25) is 0 Å². The topological polar surface area (TPSA) is 41.6 Å². The van der Waals surface area contributed by atoms with Crippen molar-refractivity contribution in [3.63, 3.8) is 0 Å². The van der Waals surface area contributed by atoms with E-state index in [0.717, 1.165) is 25.1 Å². The molecule has 0 saturated carbocycles. The predicted molar refractivity (Wildman–Crippen MR) is 69.5 cm³/mol. The third kappa shape index (κ3) is 4.43. The molecule has 0 atom stereocenters. The van der Waals surface area contributed by atoms with E-state index in [2.05, 4.69) is 4.99 Å². The maximum Gasteiger partial charge on any atom is 0.191 e. The van der Waals surface area contributed by atoms with Crippen molar-refractivity contribution in [3.8, 4) is 0 Å². The van der Waals surface area contributed by atoms with Crippen LogP contribution in [0.15, 0.2) is 29.3 Å².